The van der Waals surface area contributed by atoms with E-state index in [4.69, 9.17) is 18.5 Å². The van der Waals surface area contributed by atoms with Crippen molar-refractivity contribution in [2.45, 2.75) is 313 Å². The van der Waals surface area contributed by atoms with E-state index in [-0.39, 0.29) is 12.8 Å². The second-order valence-corrected chi connectivity index (χ2v) is 21.2. The Hall–Kier alpha value is -1.15. The molecule has 1 aliphatic carbocycles. The van der Waals surface area contributed by atoms with Gasteiger partial charge in [-0.15, -0.1) is 0 Å². The van der Waals surface area contributed by atoms with Gasteiger partial charge in [0, 0.05) is 12.8 Å². The number of phosphoric acid groups is 1. The van der Waals surface area contributed by atoms with Crippen molar-refractivity contribution >= 4 is 19.8 Å². The monoisotopic (exact) mass is 979 g/mol. The zero-order valence-corrected chi connectivity index (χ0v) is 43.6. The molecular formula is C53H103O13P. The molecule has 8 atom stereocenters. The molecule has 0 amide bonds. The summed E-state index contributed by atoms with van der Waals surface area (Å²) in [4.78, 5) is 35.9. The van der Waals surface area contributed by atoms with E-state index in [1.807, 2.05) is 0 Å². The molecule has 1 rings (SSSR count). The number of aliphatic hydroxyl groups is 5. The maximum atomic E-state index is 12.9. The molecule has 0 saturated heterocycles. The highest BCUT2D eigenvalue weighted by molar-refractivity contribution is 7.47. The number of esters is 2. The Labute approximate surface area is 408 Å². The second-order valence-electron chi connectivity index (χ2n) is 19.8. The fraction of sp³-hybridized carbons (Fsp3) is 0.962. The third-order valence-corrected chi connectivity index (χ3v) is 14.4. The molecule has 6 N–H and O–H groups in total. The molecule has 13 nitrogen and oxygen atoms in total. The highest BCUT2D eigenvalue weighted by Crippen LogP contribution is 2.47. The lowest BCUT2D eigenvalue weighted by Crippen LogP contribution is -2.64. The van der Waals surface area contributed by atoms with Crippen molar-refractivity contribution in [3.8, 4) is 0 Å². The molecular weight excluding hydrogens is 876 g/mol. The number of unbranched alkanes of at least 4 members (excludes halogenated alkanes) is 36. The standard InChI is InChI=1S/C53H103O13P/c1-3-5-7-9-11-13-15-17-19-21-22-23-24-26-27-29-31-33-35-37-39-41-46(54)63-43-45(44-64-67(61,62)66-53-51(59)49(57)48(56)50(58)52(53)60)65-47(55)42-40-38-36-34-32-30-28-25-20-18-16-14-12-10-8-6-4-2/h45,48-53,56-60H,3-44H2,1-2H3,(H,61,62)/t45-,48?,49-,50?,51?,52?,53?/m0/s1. The topological polar surface area (TPSA) is 210 Å². The average molecular weight is 979 g/mol. The first-order valence-corrected chi connectivity index (χ1v) is 29.3. The predicted octanol–water partition coefficient (Wildman–Crippen LogP) is 12.4. The minimum atomic E-state index is -5.12. The van der Waals surface area contributed by atoms with E-state index in [2.05, 4.69) is 13.8 Å². The van der Waals surface area contributed by atoms with Gasteiger partial charge in [-0.2, -0.15) is 0 Å². The lowest BCUT2D eigenvalue weighted by Gasteiger charge is -2.41. The quantitative estimate of drug-likeness (QED) is 0.0191. The van der Waals surface area contributed by atoms with Crippen molar-refractivity contribution in [1.29, 1.82) is 0 Å². The molecule has 1 saturated carbocycles. The van der Waals surface area contributed by atoms with E-state index in [1.165, 1.54) is 193 Å². The molecule has 0 aromatic heterocycles. The van der Waals surface area contributed by atoms with Gasteiger partial charge >= 0.3 is 19.8 Å². The summed E-state index contributed by atoms with van der Waals surface area (Å²) in [5.74, 6) is -1.08. The number of carbonyl (C=O) groups is 2. The van der Waals surface area contributed by atoms with E-state index in [0.29, 0.717) is 12.8 Å². The first-order chi connectivity index (χ1) is 32.4. The molecule has 398 valence electrons. The highest BCUT2D eigenvalue weighted by atomic mass is 31.2. The molecule has 0 heterocycles. The summed E-state index contributed by atoms with van der Waals surface area (Å²) >= 11 is 0. The fourth-order valence-corrected chi connectivity index (χ4v) is 9.97. The normalized spacial score (nSPS) is 21.0. The summed E-state index contributed by atoms with van der Waals surface area (Å²) in [5, 5.41) is 50.3. The van der Waals surface area contributed by atoms with Gasteiger partial charge in [0.15, 0.2) is 6.10 Å². The molecule has 67 heavy (non-hydrogen) atoms. The third kappa shape index (κ3) is 35.6. The number of rotatable bonds is 48. The van der Waals surface area contributed by atoms with Gasteiger partial charge in [0.1, 0.15) is 43.2 Å². The van der Waals surface area contributed by atoms with Gasteiger partial charge in [-0.3, -0.25) is 18.6 Å². The van der Waals surface area contributed by atoms with Crippen LogP contribution >= 0.6 is 7.82 Å². The molecule has 1 aliphatic rings. The Morgan fingerprint density at radius 2 is 0.672 bits per heavy atom. The number of carbonyl (C=O) groups excluding carboxylic acids is 2. The van der Waals surface area contributed by atoms with Gasteiger partial charge in [0.2, 0.25) is 0 Å². The van der Waals surface area contributed by atoms with Gasteiger partial charge in [0.05, 0.1) is 6.61 Å². The van der Waals surface area contributed by atoms with Crippen LogP contribution in [0.2, 0.25) is 0 Å². The molecule has 1 fully saturated rings. The summed E-state index contributed by atoms with van der Waals surface area (Å²) in [6.45, 7) is 3.37. The van der Waals surface area contributed by atoms with Crippen LogP contribution in [-0.4, -0.2) is 98.3 Å². The fourth-order valence-electron chi connectivity index (χ4n) is 9.00. The largest absolute Gasteiger partial charge is 0.472 e. The summed E-state index contributed by atoms with van der Waals surface area (Å²) in [6, 6.07) is 0. The average Bonchev–Trinajstić information content (AvgIpc) is 3.31. The molecule has 0 bridgehead atoms. The predicted molar refractivity (Wildman–Crippen MR) is 268 cm³/mol. The molecule has 0 spiro atoms. The zero-order chi connectivity index (χ0) is 49.2. The van der Waals surface area contributed by atoms with Crippen LogP contribution in [0.5, 0.6) is 0 Å². The summed E-state index contributed by atoms with van der Waals surface area (Å²) < 4.78 is 33.7. The van der Waals surface area contributed by atoms with Crippen LogP contribution in [-0.2, 0) is 32.7 Å². The first kappa shape index (κ1) is 63.9. The smallest absolute Gasteiger partial charge is 0.462 e. The molecule has 0 aromatic rings. The lowest BCUT2D eigenvalue weighted by atomic mass is 9.85. The molecule has 0 aliphatic heterocycles. The van der Waals surface area contributed by atoms with Gasteiger partial charge in [0.25, 0.3) is 0 Å². The van der Waals surface area contributed by atoms with Crippen LogP contribution in [0.1, 0.15) is 271 Å². The summed E-state index contributed by atoms with van der Waals surface area (Å²) in [5.41, 5.74) is 0. The minimum Gasteiger partial charge on any atom is -0.462 e. The lowest BCUT2D eigenvalue weighted by molar-refractivity contribution is -0.220. The number of hydrogen-bond acceptors (Lipinski definition) is 12. The minimum absolute atomic E-state index is 0.105. The van der Waals surface area contributed by atoms with Gasteiger partial charge in [-0.25, -0.2) is 4.57 Å². The van der Waals surface area contributed by atoms with Crippen LogP contribution in [0.25, 0.3) is 0 Å². The van der Waals surface area contributed by atoms with E-state index >= 15 is 0 Å². The molecule has 6 unspecified atom stereocenters. The Morgan fingerprint density at radius 1 is 0.403 bits per heavy atom. The van der Waals surface area contributed by atoms with Crippen LogP contribution in [0.15, 0.2) is 0 Å². The second kappa shape index (κ2) is 43.6. The summed E-state index contributed by atoms with van der Waals surface area (Å²) in [7, 11) is -5.12. The van der Waals surface area contributed by atoms with Crippen LogP contribution < -0.4 is 0 Å². The van der Waals surface area contributed by atoms with Crippen LogP contribution in [0.3, 0.4) is 0 Å². The van der Waals surface area contributed by atoms with Gasteiger partial charge in [-0.1, -0.05) is 245 Å². The Balaban J connectivity index is 2.33. The van der Waals surface area contributed by atoms with E-state index in [9.17, 15) is 44.6 Å². The van der Waals surface area contributed by atoms with E-state index < -0.39 is 75.7 Å². The molecule has 0 radical (unpaired) electrons. The Morgan fingerprint density at radius 3 is 0.985 bits per heavy atom. The van der Waals surface area contributed by atoms with Crippen LogP contribution in [0, 0.1) is 0 Å². The number of hydrogen-bond donors (Lipinski definition) is 6. The van der Waals surface area contributed by atoms with Crippen molar-refractivity contribution < 1.29 is 63.1 Å². The first-order valence-electron chi connectivity index (χ1n) is 27.8. The van der Waals surface area contributed by atoms with Crippen molar-refractivity contribution in [2.75, 3.05) is 13.2 Å². The summed E-state index contributed by atoms with van der Waals surface area (Å²) in [6.07, 6.45) is 34.4. The highest BCUT2D eigenvalue weighted by Gasteiger charge is 2.51. The number of aliphatic hydroxyl groups excluding tert-OH is 5. The van der Waals surface area contributed by atoms with Gasteiger partial charge in [-0.05, 0) is 12.8 Å². The molecule has 0 aromatic carbocycles. The van der Waals surface area contributed by atoms with Gasteiger partial charge < -0.3 is 39.9 Å². The number of ether oxygens (including phenoxy) is 2. The maximum Gasteiger partial charge on any atom is 0.472 e. The number of phosphoric ester groups is 1. The molecule has 14 heteroatoms. The van der Waals surface area contributed by atoms with Crippen molar-refractivity contribution in [1.82, 2.24) is 0 Å². The third-order valence-electron chi connectivity index (χ3n) is 13.4. The Bertz CT molecular complexity index is 1180. The Kier molecular flexibility index (Phi) is 41.6. The van der Waals surface area contributed by atoms with Crippen molar-refractivity contribution in [3.05, 3.63) is 0 Å². The van der Waals surface area contributed by atoms with Crippen LogP contribution in [0.4, 0.5) is 0 Å². The van der Waals surface area contributed by atoms with E-state index in [0.717, 1.165) is 38.5 Å². The van der Waals surface area contributed by atoms with Crippen molar-refractivity contribution in [3.63, 3.8) is 0 Å². The van der Waals surface area contributed by atoms with Crippen molar-refractivity contribution in [2.24, 2.45) is 0 Å². The zero-order valence-electron chi connectivity index (χ0n) is 42.7. The van der Waals surface area contributed by atoms with E-state index in [1.54, 1.807) is 0 Å². The SMILES string of the molecule is CCCCCCCCCCCCCCCCCCCCCCCC(=O)OC[C@@H](COP(=O)(O)OC1C(O)C(O)C(O)[C@H](O)C1O)OC(=O)CCCCCCCCCCCCCCCCCCC. The maximum absolute atomic E-state index is 12.9.